The highest BCUT2D eigenvalue weighted by atomic mass is 35.5. The van der Waals surface area contributed by atoms with Gasteiger partial charge in [-0.05, 0) is 44.9 Å². The third-order valence-electron chi connectivity index (χ3n) is 3.63. The Morgan fingerprint density at radius 2 is 2.35 bits per heavy atom. The number of piperidine rings is 1. The number of nitrogens with zero attached hydrogens (tertiary/aromatic N) is 2. The van der Waals surface area contributed by atoms with Crippen molar-refractivity contribution in [1.82, 2.24) is 15.2 Å². The summed E-state index contributed by atoms with van der Waals surface area (Å²) in [6.45, 7) is 6.65. The quantitative estimate of drug-likeness (QED) is 0.927. The fourth-order valence-corrected chi connectivity index (χ4v) is 2.50. The second-order valence-electron chi connectivity index (χ2n) is 5.46. The van der Waals surface area contributed by atoms with Crippen molar-refractivity contribution in [3.8, 4) is 0 Å². The smallest absolute Gasteiger partial charge is 0.227 e. The first-order chi connectivity index (χ1) is 9.18. The van der Waals surface area contributed by atoms with Gasteiger partial charge in [-0.2, -0.15) is 0 Å². The van der Waals surface area contributed by atoms with Crippen LogP contribution in [0.15, 0.2) is 24.5 Å². The van der Waals surface area contributed by atoms with Crippen LogP contribution in [0.5, 0.6) is 0 Å². The van der Waals surface area contributed by atoms with E-state index in [4.69, 9.17) is 0 Å². The third-order valence-corrected chi connectivity index (χ3v) is 3.63. The molecule has 0 bridgehead atoms. The molecule has 5 heteroatoms. The maximum Gasteiger partial charge on any atom is 0.227 e. The molecule has 1 aliphatic heterocycles. The van der Waals surface area contributed by atoms with Gasteiger partial charge in [-0.25, -0.2) is 0 Å². The summed E-state index contributed by atoms with van der Waals surface area (Å²) in [4.78, 5) is 18.7. The maximum absolute atomic E-state index is 12.6. The zero-order valence-electron chi connectivity index (χ0n) is 12.2. The molecular formula is C15H24ClN3O. The summed E-state index contributed by atoms with van der Waals surface area (Å²) in [5, 5.41) is 3.31. The standard InChI is InChI=1S/C15H23N3O.ClH/c1-12(2)18(11-13-5-3-7-16-9-13)15(19)14-6-4-8-17-10-14;/h3,5,7,9,12,14,17H,4,6,8,10-11H2,1-2H3;1H/t14-;/m1./s1. The summed E-state index contributed by atoms with van der Waals surface area (Å²) >= 11 is 0. The van der Waals surface area contributed by atoms with Crippen LogP contribution in [-0.2, 0) is 11.3 Å². The Hall–Kier alpha value is -1.13. The molecule has 2 rings (SSSR count). The van der Waals surface area contributed by atoms with E-state index >= 15 is 0 Å². The molecule has 0 saturated carbocycles. The normalized spacial score (nSPS) is 18.4. The minimum Gasteiger partial charge on any atom is -0.336 e. The molecule has 0 unspecified atom stereocenters. The summed E-state index contributed by atoms with van der Waals surface area (Å²) < 4.78 is 0. The lowest BCUT2D eigenvalue weighted by atomic mass is 9.97. The van der Waals surface area contributed by atoms with Crippen LogP contribution in [0.4, 0.5) is 0 Å². The van der Waals surface area contributed by atoms with Gasteiger partial charge < -0.3 is 10.2 Å². The molecule has 20 heavy (non-hydrogen) atoms. The lowest BCUT2D eigenvalue weighted by Crippen LogP contribution is -2.45. The van der Waals surface area contributed by atoms with Crippen molar-refractivity contribution < 1.29 is 4.79 Å². The van der Waals surface area contributed by atoms with Crippen LogP contribution in [0.2, 0.25) is 0 Å². The molecule has 1 fully saturated rings. The molecule has 1 aliphatic rings. The van der Waals surface area contributed by atoms with Gasteiger partial charge in [0.1, 0.15) is 0 Å². The molecule has 1 atom stereocenters. The molecule has 1 aromatic rings. The van der Waals surface area contributed by atoms with Crippen LogP contribution < -0.4 is 5.32 Å². The number of hydrogen-bond donors (Lipinski definition) is 1. The third kappa shape index (κ3) is 4.46. The summed E-state index contributed by atoms with van der Waals surface area (Å²) in [5.74, 6) is 0.402. The van der Waals surface area contributed by atoms with E-state index in [1.807, 2.05) is 23.2 Å². The Kier molecular flexibility index (Phi) is 6.96. The first kappa shape index (κ1) is 16.9. The molecule has 2 heterocycles. The maximum atomic E-state index is 12.6. The molecular weight excluding hydrogens is 274 g/mol. The highest BCUT2D eigenvalue weighted by Gasteiger charge is 2.27. The van der Waals surface area contributed by atoms with Crippen molar-refractivity contribution in [3.05, 3.63) is 30.1 Å². The number of hydrogen-bond acceptors (Lipinski definition) is 3. The van der Waals surface area contributed by atoms with Crippen molar-refractivity contribution >= 4 is 18.3 Å². The molecule has 4 nitrogen and oxygen atoms in total. The number of halogens is 1. The number of nitrogens with one attached hydrogen (secondary N) is 1. The van der Waals surface area contributed by atoms with Crippen LogP contribution in [0.1, 0.15) is 32.3 Å². The lowest BCUT2D eigenvalue weighted by molar-refractivity contribution is -0.138. The number of aromatic nitrogens is 1. The van der Waals surface area contributed by atoms with Crippen LogP contribution in [0.25, 0.3) is 0 Å². The van der Waals surface area contributed by atoms with E-state index in [2.05, 4.69) is 24.1 Å². The Bertz CT molecular complexity index is 405. The summed E-state index contributed by atoms with van der Waals surface area (Å²) in [7, 11) is 0. The van der Waals surface area contributed by atoms with Crippen molar-refractivity contribution in [2.45, 2.75) is 39.3 Å². The number of carbonyl (C=O) groups is 1. The number of pyridine rings is 1. The van der Waals surface area contributed by atoms with Gasteiger partial charge in [0.15, 0.2) is 0 Å². The molecule has 0 radical (unpaired) electrons. The first-order valence-corrected chi connectivity index (χ1v) is 7.08. The summed E-state index contributed by atoms with van der Waals surface area (Å²) in [6.07, 6.45) is 5.69. The molecule has 0 aliphatic carbocycles. The van der Waals surface area contributed by atoms with Gasteiger partial charge in [0.25, 0.3) is 0 Å². The fourth-order valence-electron chi connectivity index (χ4n) is 2.50. The minimum atomic E-state index is 0. The van der Waals surface area contributed by atoms with E-state index in [0.717, 1.165) is 31.5 Å². The van der Waals surface area contributed by atoms with E-state index in [1.165, 1.54) is 0 Å². The summed E-state index contributed by atoms with van der Waals surface area (Å²) in [6, 6.07) is 4.16. The number of amides is 1. The second kappa shape index (κ2) is 8.22. The van der Waals surface area contributed by atoms with E-state index in [0.29, 0.717) is 6.54 Å². The molecule has 112 valence electrons. The van der Waals surface area contributed by atoms with Gasteiger partial charge in [-0.1, -0.05) is 6.07 Å². The number of rotatable bonds is 4. The topological polar surface area (TPSA) is 45.2 Å². The van der Waals surface area contributed by atoms with Gasteiger partial charge in [0.2, 0.25) is 5.91 Å². The minimum absolute atomic E-state index is 0. The fraction of sp³-hybridized carbons (Fsp3) is 0.600. The van der Waals surface area contributed by atoms with E-state index < -0.39 is 0 Å². The van der Waals surface area contributed by atoms with Gasteiger partial charge in [-0.15, -0.1) is 12.4 Å². The molecule has 1 amide bonds. The van der Waals surface area contributed by atoms with E-state index in [-0.39, 0.29) is 30.3 Å². The van der Waals surface area contributed by atoms with Crippen molar-refractivity contribution in [2.75, 3.05) is 13.1 Å². The zero-order chi connectivity index (χ0) is 13.7. The summed E-state index contributed by atoms with van der Waals surface area (Å²) in [5.41, 5.74) is 1.09. The predicted molar refractivity (Wildman–Crippen MR) is 82.8 cm³/mol. The predicted octanol–water partition coefficient (Wildman–Crippen LogP) is 2.24. The van der Waals surface area contributed by atoms with E-state index in [9.17, 15) is 4.79 Å². The van der Waals surface area contributed by atoms with Crippen molar-refractivity contribution in [2.24, 2.45) is 5.92 Å². The van der Waals surface area contributed by atoms with Crippen LogP contribution in [0.3, 0.4) is 0 Å². The molecule has 0 spiro atoms. The average molecular weight is 298 g/mol. The van der Waals surface area contributed by atoms with Crippen LogP contribution in [0, 0.1) is 5.92 Å². The Morgan fingerprint density at radius 1 is 1.55 bits per heavy atom. The van der Waals surface area contributed by atoms with E-state index in [1.54, 1.807) is 6.20 Å². The largest absolute Gasteiger partial charge is 0.336 e. The second-order valence-corrected chi connectivity index (χ2v) is 5.46. The SMILES string of the molecule is CC(C)N(Cc1cccnc1)C(=O)[C@@H]1CCCNC1.Cl. The molecule has 1 aromatic heterocycles. The monoisotopic (exact) mass is 297 g/mol. The Balaban J connectivity index is 0.00000200. The average Bonchev–Trinajstić information content (AvgIpc) is 2.46. The molecule has 1 N–H and O–H groups in total. The molecule has 0 aromatic carbocycles. The highest BCUT2D eigenvalue weighted by molar-refractivity contribution is 5.85. The van der Waals surface area contributed by atoms with Gasteiger partial charge in [0, 0.05) is 31.5 Å². The van der Waals surface area contributed by atoms with Gasteiger partial charge in [-0.3, -0.25) is 9.78 Å². The number of carbonyl (C=O) groups excluding carboxylic acids is 1. The Morgan fingerprint density at radius 3 is 2.90 bits per heavy atom. The highest BCUT2D eigenvalue weighted by Crippen LogP contribution is 2.17. The van der Waals surface area contributed by atoms with Crippen LogP contribution >= 0.6 is 12.4 Å². The molecule has 1 saturated heterocycles. The van der Waals surface area contributed by atoms with Gasteiger partial charge in [0.05, 0.1) is 5.92 Å². The first-order valence-electron chi connectivity index (χ1n) is 7.08. The van der Waals surface area contributed by atoms with Crippen LogP contribution in [-0.4, -0.2) is 34.9 Å². The van der Waals surface area contributed by atoms with Crippen molar-refractivity contribution in [3.63, 3.8) is 0 Å². The van der Waals surface area contributed by atoms with Crippen molar-refractivity contribution in [1.29, 1.82) is 0 Å². The Labute approximate surface area is 127 Å². The zero-order valence-corrected chi connectivity index (χ0v) is 13.0. The lowest BCUT2D eigenvalue weighted by Gasteiger charge is -2.32. The van der Waals surface area contributed by atoms with Gasteiger partial charge >= 0.3 is 0 Å².